The minimum Gasteiger partial charge on any atom is -0.338 e. The smallest absolute Gasteiger partial charge is 0.338 e. The van der Waals surface area contributed by atoms with Crippen LogP contribution in [0.2, 0.25) is 0 Å². The second kappa shape index (κ2) is 3.16. The maximum atomic E-state index is 12.5. The summed E-state index contributed by atoms with van der Waals surface area (Å²) >= 11 is 8.05. The zero-order valence-corrected chi connectivity index (χ0v) is 7.07. The summed E-state index contributed by atoms with van der Waals surface area (Å²) in [4.78, 5) is 0. The summed E-state index contributed by atoms with van der Waals surface area (Å²) in [5.41, 5.74) is 0. The van der Waals surface area contributed by atoms with Gasteiger partial charge in [0.05, 0.1) is 0 Å². The highest BCUT2D eigenvalue weighted by Crippen LogP contribution is 2.48. The molecule has 74 valence electrons. The average molecular weight is 233 g/mol. The zero-order valence-electron chi connectivity index (χ0n) is 5.55. The Morgan fingerprint density at radius 3 is 1.17 bits per heavy atom. The first-order valence-corrected chi connectivity index (χ1v) is 3.19. The number of halogens is 7. The lowest BCUT2D eigenvalue weighted by Gasteiger charge is -2.30. The van der Waals surface area contributed by atoms with Crippen LogP contribution in [0.15, 0.2) is 0 Å². The van der Waals surface area contributed by atoms with Crippen LogP contribution in [0.1, 0.15) is 0 Å². The van der Waals surface area contributed by atoms with Crippen LogP contribution in [0.3, 0.4) is 0 Å². The van der Waals surface area contributed by atoms with Gasteiger partial charge in [-0.05, 0) is 23.2 Å². The van der Waals surface area contributed by atoms with Crippen molar-refractivity contribution in [3.63, 3.8) is 0 Å². The van der Waals surface area contributed by atoms with Crippen LogP contribution >= 0.6 is 23.2 Å². The largest absolute Gasteiger partial charge is 0.387 e. The molecule has 0 amide bonds. The molecular weight excluding hydrogens is 230 g/mol. The minimum atomic E-state index is -4.91. The molecule has 0 aromatic rings. The Labute approximate surface area is 74.4 Å². The third kappa shape index (κ3) is 1.92. The summed E-state index contributed by atoms with van der Waals surface area (Å²) in [6, 6.07) is 0. The van der Waals surface area contributed by atoms with E-state index in [-0.39, 0.29) is 0 Å². The quantitative estimate of drug-likeness (QED) is 0.537. The van der Waals surface area contributed by atoms with Gasteiger partial charge in [0.1, 0.15) is 0 Å². The second-order valence-corrected chi connectivity index (χ2v) is 2.74. The highest BCUT2D eigenvalue weighted by Gasteiger charge is 2.70. The molecule has 0 aliphatic heterocycles. The molecule has 0 N–H and O–H groups in total. The second-order valence-electron chi connectivity index (χ2n) is 1.79. The van der Waals surface area contributed by atoms with Gasteiger partial charge in [0.2, 0.25) is 0 Å². The number of methoxy groups -OCH3 is 1. The Morgan fingerprint density at radius 1 is 0.917 bits per heavy atom. The minimum absolute atomic E-state index is 0.298. The Kier molecular flexibility index (Phi) is 3.21. The molecular formula is C4H3Cl2F5O. The molecule has 0 bridgehead atoms. The van der Waals surface area contributed by atoms with Gasteiger partial charge in [-0.25, -0.2) is 0 Å². The van der Waals surface area contributed by atoms with E-state index in [1.54, 1.807) is 0 Å². The summed E-state index contributed by atoms with van der Waals surface area (Å²) < 4.78 is 63.7. The van der Waals surface area contributed by atoms with Crippen molar-refractivity contribution >= 4 is 23.2 Å². The molecule has 0 aliphatic carbocycles. The lowest BCUT2D eigenvalue weighted by molar-refractivity contribution is -0.300. The van der Waals surface area contributed by atoms with Gasteiger partial charge in [0.25, 0.3) is 0 Å². The maximum Gasteiger partial charge on any atom is 0.387 e. The van der Waals surface area contributed by atoms with E-state index < -0.39 is 16.6 Å². The SMILES string of the molecule is COC(F)(C(F)(F)Cl)C(F)(F)Cl. The number of hydrogen-bond acceptors (Lipinski definition) is 1. The standard InChI is InChI=1S/C4H3Cl2F5O/c1-12-2(7,3(5,8)9)4(6,10)11/h1H3. The molecule has 0 aromatic heterocycles. The van der Waals surface area contributed by atoms with Crippen LogP contribution in [0.4, 0.5) is 22.0 Å². The first-order chi connectivity index (χ1) is 5.06. The van der Waals surface area contributed by atoms with Gasteiger partial charge in [-0.2, -0.15) is 22.0 Å². The van der Waals surface area contributed by atoms with Crippen LogP contribution in [-0.2, 0) is 4.74 Å². The maximum absolute atomic E-state index is 12.5. The fourth-order valence-electron chi connectivity index (χ4n) is 0.392. The molecule has 0 aliphatic rings. The molecule has 0 aromatic carbocycles. The van der Waals surface area contributed by atoms with Crippen molar-refractivity contribution in [2.45, 2.75) is 16.6 Å². The first kappa shape index (κ1) is 12.2. The number of hydrogen-bond donors (Lipinski definition) is 0. The third-order valence-electron chi connectivity index (χ3n) is 1.01. The third-order valence-corrected chi connectivity index (χ3v) is 1.50. The molecule has 12 heavy (non-hydrogen) atoms. The molecule has 0 atom stereocenters. The van der Waals surface area contributed by atoms with E-state index in [9.17, 15) is 22.0 Å². The van der Waals surface area contributed by atoms with Crippen LogP contribution < -0.4 is 0 Å². The van der Waals surface area contributed by atoms with E-state index in [4.69, 9.17) is 0 Å². The Hall–Kier alpha value is 0.190. The summed E-state index contributed by atoms with van der Waals surface area (Å²) in [5, 5.41) is -9.82. The van der Waals surface area contributed by atoms with Crippen LogP contribution in [0, 0.1) is 0 Å². The molecule has 0 spiro atoms. The summed E-state index contributed by atoms with van der Waals surface area (Å²) in [6.45, 7) is 0. The lowest BCUT2D eigenvalue weighted by Crippen LogP contribution is -2.53. The summed E-state index contributed by atoms with van der Waals surface area (Å²) in [6.07, 6.45) is 0. The predicted octanol–water partition coefficient (Wildman–Crippen LogP) is 2.96. The van der Waals surface area contributed by atoms with E-state index in [0.29, 0.717) is 7.11 Å². The normalized spacial score (nSPS) is 15.0. The van der Waals surface area contributed by atoms with Crippen molar-refractivity contribution in [3.8, 4) is 0 Å². The van der Waals surface area contributed by atoms with E-state index in [1.165, 1.54) is 0 Å². The summed E-state index contributed by atoms with van der Waals surface area (Å²) in [5.74, 6) is -4.72. The molecule has 0 heterocycles. The molecule has 8 heteroatoms. The summed E-state index contributed by atoms with van der Waals surface area (Å²) in [7, 11) is 0.298. The lowest BCUT2D eigenvalue weighted by atomic mass is 10.3. The van der Waals surface area contributed by atoms with Gasteiger partial charge >= 0.3 is 16.6 Å². The van der Waals surface area contributed by atoms with Crippen molar-refractivity contribution in [2.24, 2.45) is 0 Å². The fourth-order valence-corrected chi connectivity index (χ4v) is 0.832. The van der Waals surface area contributed by atoms with E-state index >= 15 is 0 Å². The molecule has 0 radical (unpaired) electrons. The molecule has 0 saturated heterocycles. The van der Waals surface area contributed by atoms with Gasteiger partial charge < -0.3 is 4.74 Å². The molecule has 0 unspecified atom stereocenters. The number of ether oxygens (including phenoxy) is 1. The van der Waals surface area contributed by atoms with Crippen molar-refractivity contribution in [1.82, 2.24) is 0 Å². The Bertz CT molecular complexity index is 148. The first-order valence-electron chi connectivity index (χ1n) is 2.44. The average Bonchev–Trinajstić information content (AvgIpc) is 1.81. The zero-order chi connectivity index (χ0) is 10.2. The highest BCUT2D eigenvalue weighted by atomic mass is 35.5. The van der Waals surface area contributed by atoms with Crippen molar-refractivity contribution < 1.29 is 26.7 Å². The Balaban J connectivity index is 4.95. The topological polar surface area (TPSA) is 9.23 Å². The van der Waals surface area contributed by atoms with Crippen molar-refractivity contribution in [3.05, 3.63) is 0 Å². The molecule has 1 nitrogen and oxygen atoms in total. The van der Waals surface area contributed by atoms with Crippen LogP contribution in [-0.4, -0.2) is 23.7 Å². The van der Waals surface area contributed by atoms with Crippen LogP contribution in [0.25, 0.3) is 0 Å². The molecule has 0 saturated carbocycles. The number of alkyl halides is 7. The van der Waals surface area contributed by atoms with Gasteiger partial charge in [-0.3, -0.25) is 0 Å². The van der Waals surface area contributed by atoms with Crippen LogP contribution in [0.5, 0.6) is 0 Å². The Morgan fingerprint density at radius 2 is 1.17 bits per heavy atom. The van der Waals surface area contributed by atoms with E-state index in [0.717, 1.165) is 0 Å². The molecule has 0 fully saturated rings. The predicted molar refractivity (Wildman–Crippen MR) is 32.4 cm³/mol. The van der Waals surface area contributed by atoms with Gasteiger partial charge in [0, 0.05) is 7.11 Å². The fraction of sp³-hybridized carbons (Fsp3) is 1.00. The molecule has 0 rings (SSSR count). The monoisotopic (exact) mass is 232 g/mol. The highest BCUT2D eigenvalue weighted by molar-refractivity contribution is 6.26. The van der Waals surface area contributed by atoms with Gasteiger partial charge in [-0.1, -0.05) is 0 Å². The van der Waals surface area contributed by atoms with Crippen molar-refractivity contribution in [1.29, 1.82) is 0 Å². The van der Waals surface area contributed by atoms with Crippen molar-refractivity contribution in [2.75, 3.05) is 7.11 Å². The number of rotatable bonds is 3. The van der Waals surface area contributed by atoms with E-state index in [2.05, 4.69) is 27.9 Å². The van der Waals surface area contributed by atoms with Gasteiger partial charge in [-0.15, -0.1) is 0 Å². The van der Waals surface area contributed by atoms with Gasteiger partial charge in [0.15, 0.2) is 0 Å². The van der Waals surface area contributed by atoms with E-state index in [1.807, 2.05) is 0 Å².